The number of thiophene rings is 1. The predicted molar refractivity (Wildman–Crippen MR) is 74.2 cm³/mol. The summed E-state index contributed by atoms with van der Waals surface area (Å²) in [6, 6.07) is 2.20. The maximum Gasteiger partial charge on any atom is 0.170 e. The number of aromatic nitrogens is 2. The van der Waals surface area contributed by atoms with Gasteiger partial charge in [0.1, 0.15) is 6.33 Å². The molecule has 3 nitrogen and oxygen atoms in total. The zero-order valence-corrected chi connectivity index (χ0v) is 12.5. The molecule has 16 heavy (non-hydrogen) atoms. The smallest absolute Gasteiger partial charge is 0.170 e. The van der Waals surface area contributed by atoms with Gasteiger partial charge in [-0.15, -0.1) is 11.3 Å². The van der Waals surface area contributed by atoms with Crippen molar-refractivity contribution in [3.63, 3.8) is 0 Å². The summed E-state index contributed by atoms with van der Waals surface area (Å²) in [5.74, 6) is 0. The summed E-state index contributed by atoms with van der Waals surface area (Å²) in [5.41, 5.74) is 6.02. The Hall–Kier alpha value is 0.0500. The largest absolute Gasteiger partial charge is 0.327 e. The number of hydrogen-bond donors (Lipinski definition) is 1. The van der Waals surface area contributed by atoms with Crippen LogP contribution in [0.15, 0.2) is 26.6 Å². The maximum absolute atomic E-state index is 6.02. The number of thioether (sulfide) groups is 1. The van der Waals surface area contributed by atoms with Gasteiger partial charge in [0.25, 0.3) is 0 Å². The molecule has 2 unspecified atom stereocenters. The van der Waals surface area contributed by atoms with Gasteiger partial charge in [-0.25, -0.2) is 4.98 Å². The molecular formula is C9H10BrN3S3. The van der Waals surface area contributed by atoms with Crippen LogP contribution in [-0.4, -0.2) is 15.4 Å². The first-order chi connectivity index (χ1) is 7.66. The molecule has 0 bridgehead atoms. The van der Waals surface area contributed by atoms with Gasteiger partial charge in [-0.05, 0) is 40.5 Å². The molecule has 0 aliphatic carbocycles. The molecule has 2 heterocycles. The lowest BCUT2D eigenvalue weighted by molar-refractivity contribution is 0.729. The van der Waals surface area contributed by atoms with Crippen LogP contribution in [0.1, 0.15) is 17.1 Å². The number of nitrogens with zero attached hydrogens (tertiary/aromatic N) is 2. The fourth-order valence-electron chi connectivity index (χ4n) is 1.23. The molecule has 2 N–H and O–H groups in total. The second-order valence-electron chi connectivity index (χ2n) is 3.27. The molecule has 86 valence electrons. The fraction of sp³-hybridized carbons (Fsp3) is 0.333. The van der Waals surface area contributed by atoms with Gasteiger partial charge in [0, 0.05) is 20.8 Å². The summed E-state index contributed by atoms with van der Waals surface area (Å²) >= 11 is 8.27. The summed E-state index contributed by atoms with van der Waals surface area (Å²) in [5, 5.41) is 2.31. The van der Waals surface area contributed by atoms with E-state index in [1.54, 1.807) is 29.4 Å². The SMILES string of the molecule is CC(N)C(Sc1ncns1)c1cc(Br)cs1. The van der Waals surface area contributed by atoms with Crippen molar-refractivity contribution in [1.82, 2.24) is 9.36 Å². The Kier molecular flexibility index (Phi) is 4.37. The summed E-state index contributed by atoms with van der Waals surface area (Å²) < 4.78 is 6.07. The first-order valence-electron chi connectivity index (χ1n) is 4.59. The zero-order chi connectivity index (χ0) is 11.5. The zero-order valence-electron chi connectivity index (χ0n) is 8.46. The Labute approximate surface area is 115 Å². The molecule has 0 aliphatic rings. The van der Waals surface area contributed by atoms with Crippen LogP contribution in [0, 0.1) is 0 Å². The van der Waals surface area contributed by atoms with Crippen molar-refractivity contribution < 1.29 is 0 Å². The normalized spacial score (nSPS) is 14.9. The van der Waals surface area contributed by atoms with E-state index < -0.39 is 0 Å². The Bertz CT molecular complexity index is 441. The summed E-state index contributed by atoms with van der Waals surface area (Å²) in [6.07, 6.45) is 1.58. The molecule has 0 aliphatic heterocycles. The van der Waals surface area contributed by atoms with Crippen LogP contribution in [0.2, 0.25) is 0 Å². The van der Waals surface area contributed by atoms with E-state index >= 15 is 0 Å². The third kappa shape index (κ3) is 3.04. The van der Waals surface area contributed by atoms with E-state index in [4.69, 9.17) is 5.73 Å². The second kappa shape index (κ2) is 5.59. The fourth-order valence-corrected chi connectivity index (χ4v) is 4.69. The van der Waals surface area contributed by atoms with E-state index in [-0.39, 0.29) is 11.3 Å². The first-order valence-corrected chi connectivity index (χ1v) is 7.92. The Morgan fingerprint density at radius 2 is 2.38 bits per heavy atom. The van der Waals surface area contributed by atoms with Crippen molar-refractivity contribution in [2.75, 3.05) is 0 Å². The van der Waals surface area contributed by atoms with Gasteiger partial charge < -0.3 is 5.73 Å². The quantitative estimate of drug-likeness (QED) is 0.868. The molecule has 0 fully saturated rings. The molecule has 2 rings (SSSR count). The molecule has 0 amide bonds. The number of hydrogen-bond acceptors (Lipinski definition) is 6. The van der Waals surface area contributed by atoms with Gasteiger partial charge in [-0.2, -0.15) is 4.37 Å². The third-order valence-corrected chi connectivity index (χ3v) is 6.06. The first kappa shape index (κ1) is 12.5. The summed E-state index contributed by atoms with van der Waals surface area (Å²) in [6.45, 7) is 2.02. The molecule has 0 spiro atoms. The monoisotopic (exact) mass is 335 g/mol. The molecule has 0 saturated carbocycles. The average Bonchev–Trinajstić information content (AvgIpc) is 2.84. The van der Waals surface area contributed by atoms with Gasteiger partial charge in [-0.1, -0.05) is 11.8 Å². The summed E-state index contributed by atoms with van der Waals surface area (Å²) in [4.78, 5) is 5.44. The molecule has 2 aromatic rings. The van der Waals surface area contributed by atoms with Gasteiger partial charge in [0.15, 0.2) is 4.34 Å². The molecule has 0 aromatic carbocycles. The Morgan fingerprint density at radius 1 is 1.56 bits per heavy atom. The molecular weight excluding hydrogens is 326 g/mol. The van der Waals surface area contributed by atoms with E-state index in [1.807, 2.05) is 6.92 Å². The van der Waals surface area contributed by atoms with E-state index in [0.717, 1.165) is 8.81 Å². The van der Waals surface area contributed by atoms with Crippen LogP contribution in [0.25, 0.3) is 0 Å². The van der Waals surface area contributed by atoms with Crippen LogP contribution in [-0.2, 0) is 0 Å². The second-order valence-corrected chi connectivity index (χ2v) is 7.30. The highest BCUT2D eigenvalue weighted by Crippen LogP contribution is 2.40. The lowest BCUT2D eigenvalue weighted by atomic mass is 10.2. The molecule has 2 atom stereocenters. The van der Waals surface area contributed by atoms with Crippen molar-refractivity contribution >= 4 is 50.6 Å². The minimum atomic E-state index is 0.0828. The van der Waals surface area contributed by atoms with E-state index in [1.165, 1.54) is 16.4 Å². The third-order valence-electron chi connectivity index (χ3n) is 1.91. The Balaban J connectivity index is 2.18. The summed E-state index contributed by atoms with van der Waals surface area (Å²) in [7, 11) is 0. The highest BCUT2D eigenvalue weighted by Gasteiger charge is 2.20. The minimum absolute atomic E-state index is 0.0828. The van der Waals surface area contributed by atoms with Gasteiger partial charge in [0.05, 0.1) is 5.25 Å². The van der Waals surface area contributed by atoms with Gasteiger partial charge in [0.2, 0.25) is 0 Å². The minimum Gasteiger partial charge on any atom is -0.327 e. The Morgan fingerprint density at radius 3 is 2.88 bits per heavy atom. The number of halogens is 1. The lowest BCUT2D eigenvalue weighted by Crippen LogP contribution is -2.21. The van der Waals surface area contributed by atoms with Crippen molar-refractivity contribution in [1.29, 1.82) is 0 Å². The van der Waals surface area contributed by atoms with Crippen LogP contribution >= 0.6 is 50.6 Å². The van der Waals surface area contributed by atoms with Crippen molar-refractivity contribution in [2.24, 2.45) is 5.73 Å². The van der Waals surface area contributed by atoms with E-state index in [0.29, 0.717) is 0 Å². The van der Waals surface area contributed by atoms with Gasteiger partial charge in [-0.3, -0.25) is 0 Å². The molecule has 7 heteroatoms. The number of rotatable bonds is 4. The topological polar surface area (TPSA) is 51.8 Å². The van der Waals surface area contributed by atoms with Crippen LogP contribution in [0.3, 0.4) is 0 Å². The van der Waals surface area contributed by atoms with E-state index in [2.05, 4.69) is 36.7 Å². The molecule has 0 saturated heterocycles. The highest BCUT2D eigenvalue weighted by molar-refractivity contribution is 9.10. The lowest BCUT2D eigenvalue weighted by Gasteiger charge is -2.16. The van der Waals surface area contributed by atoms with Crippen molar-refractivity contribution in [3.8, 4) is 0 Å². The van der Waals surface area contributed by atoms with Crippen LogP contribution in [0.5, 0.6) is 0 Å². The maximum atomic E-state index is 6.02. The van der Waals surface area contributed by atoms with Gasteiger partial charge >= 0.3 is 0 Å². The van der Waals surface area contributed by atoms with Crippen molar-refractivity contribution in [2.45, 2.75) is 22.6 Å². The van der Waals surface area contributed by atoms with Crippen molar-refractivity contribution in [3.05, 3.63) is 27.1 Å². The van der Waals surface area contributed by atoms with E-state index in [9.17, 15) is 0 Å². The molecule has 0 radical (unpaired) electrons. The van der Waals surface area contributed by atoms with Crippen LogP contribution in [0.4, 0.5) is 0 Å². The standard InChI is InChI=1S/C9H10BrN3S3/c1-5(11)8(7-2-6(10)3-14-7)15-9-12-4-13-16-9/h2-5,8H,11H2,1H3. The average molecular weight is 336 g/mol. The van der Waals surface area contributed by atoms with Crippen LogP contribution < -0.4 is 5.73 Å². The number of nitrogens with two attached hydrogens (primary N) is 1. The molecule has 2 aromatic heterocycles. The highest BCUT2D eigenvalue weighted by atomic mass is 79.9. The predicted octanol–water partition coefficient (Wildman–Crippen LogP) is 3.54.